The van der Waals surface area contributed by atoms with Gasteiger partial charge < -0.3 is 4.74 Å². The summed E-state index contributed by atoms with van der Waals surface area (Å²) in [5.41, 5.74) is 1.24. The predicted molar refractivity (Wildman–Crippen MR) is 101 cm³/mol. The molecule has 4 rings (SSSR count). The quantitative estimate of drug-likeness (QED) is 0.572. The van der Waals surface area contributed by atoms with E-state index >= 15 is 0 Å². The van der Waals surface area contributed by atoms with Crippen LogP contribution >= 0.6 is 0 Å². The molecule has 0 bridgehead atoms. The Balaban J connectivity index is 1.68. The van der Waals surface area contributed by atoms with E-state index in [1.165, 1.54) is 0 Å². The second kappa shape index (κ2) is 6.77. The monoisotopic (exact) mass is 397 g/mol. The molecule has 0 unspecified atom stereocenters. The number of halogens is 3. The van der Waals surface area contributed by atoms with Gasteiger partial charge in [0.1, 0.15) is 5.75 Å². The van der Waals surface area contributed by atoms with Crippen LogP contribution in [0.1, 0.15) is 26.3 Å². The molecule has 3 aromatic rings. The molecule has 0 saturated carbocycles. The number of imide groups is 1. The molecule has 29 heavy (non-hydrogen) atoms. The number of alkyl halides is 3. The lowest BCUT2D eigenvalue weighted by molar-refractivity contribution is -0.137. The molecule has 146 valence electrons. The molecule has 1 aliphatic heterocycles. The lowest BCUT2D eigenvalue weighted by Gasteiger charge is -2.15. The van der Waals surface area contributed by atoms with E-state index in [9.17, 15) is 22.8 Å². The smallest absolute Gasteiger partial charge is 0.416 e. The molecular weight excluding hydrogens is 383 g/mol. The number of hydrogen-bond donors (Lipinski definition) is 0. The Labute approximate surface area is 164 Å². The average molecular weight is 397 g/mol. The topological polar surface area (TPSA) is 46.6 Å². The van der Waals surface area contributed by atoms with Crippen LogP contribution in [0.3, 0.4) is 0 Å². The number of anilines is 1. The summed E-state index contributed by atoms with van der Waals surface area (Å²) in [6, 6.07) is 16.1. The summed E-state index contributed by atoms with van der Waals surface area (Å²) in [7, 11) is 1.56. The number of methoxy groups -OCH3 is 1. The van der Waals surface area contributed by atoms with Crippen LogP contribution in [0.25, 0.3) is 11.1 Å². The largest absolute Gasteiger partial charge is 0.497 e. The van der Waals surface area contributed by atoms with Gasteiger partial charge in [-0.05, 0) is 59.7 Å². The van der Waals surface area contributed by atoms with Crippen molar-refractivity contribution in [1.82, 2.24) is 0 Å². The van der Waals surface area contributed by atoms with Gasteiger partial charge in [0.05, 0.1) is 29.5 Å². The van der Waals surface area contributed by atoms with E-state index in [0.29, 0.717) is 5.75 Å². The Morgan fingerprint density at radius 2 is 1.34 bits per heavy atom. The summed E-state index contributed by atoms with van der Waals surface area (Å²) >= 11 is 0. The second-order valence-electron chi connectivity index (χ2n) is 6.48. The van der Waals surface area contributed by atoms with Gasteiger partial charge in [0.15, 0.2) is 0 Å². The number of benzene rings is 3. The first kappa shape index (κ1) is 18.7. The maximum absolute atomic E-state index is 12.8. The van der Waals surface area contributed by atoms with Crippen molar-refractivity contribution < 1.29 is 27.5 Å². The normalized spacial score (nSPS) is 13.6. The van der Waals surface area contributed by atoms with Gasteiger partial charge in [-0.1, -0.05) is 18.2 Å². The number of ether oxygens (including phenoxy) is 1. The molecule has 0 aromatic heterocycles. The number of carbonyl (C=O) groups excluding carboxylic acids is 2. The molecule has 0 aliphatic carbocycles. The maximum Gasteiger partial charge on any atom is 0.416 e. The summed E-state index contributed by atoms with van der Waals surface area (Å²) in [5, 5.41) is 0. The Bertz CT molecular complexity index is 1100. The first-order valence-electron chi connectivity index (χ1n) is 8.64. The Hall–Kier alpha value is -3.61. The summed E-state index contributed by atoms with van der Waals surface area (Å²) in [6.07, 6.45) is -4.49. The van der Waals surface area contributed by atoms with Crippen LogP contribution in [0.4, 0.5) is 18.9 Å². The SMILES string of the molecule is COc1ccc(-c2ccc3c(c2)C(=O)N(c2ccc(C(F)(F)F)cc2)C3=O)cc1. The molecule has 4 nitrogen and oxygen atoms in total. The van der Waals surface area contributed by atoms with E-state index in [2.05, 4.69) is 0 Å². The van der Waals surface area contributed by atoms with Crippen LogP contribution in [-0.4, -0.2) is 18.9 Å². The molecule has 0 saturated heterocycles. The van der Waals surface area contributed by atoms with Crippen LogP contribution in [0.2, 0.25) is 0 Å². The fraction of sp³-hybridized carbons (Fsp3) is 0.0909. The summed E-state index contributed by atoms with van der Waals surface area (Å²) in [6.45, 7) is 0. The highest BCUT2D eigenvalue weighted by Gasteiger charge is 2.37. The van der Waals surface area contributed by atoms with Crippen molar-refractivity contribution >= 4 is 17.5 Å². The number of fused-ring (bicyclic) bond motifs is 1. The number of carbonyl (C=O) groups is 2. The Morgan fingerprint density at radius 3 is 1.93 bits per heavy atom. The molecule has 1 heterocycles. The van der Waals surface area contributed by atoms with Crippen LogP contribution in [0.5, 0.6) is 5.75 Å². The van der Waals surface area contributed by atoms with Gasteiger partial charge >= 0.3 is 6.18 Å². The minimum Gasteiger partial charge on any atom is -0.497 e. The molecule has 3 aromatic carbocycles. The molecule has 0 atom stereocenters. The summed E-state index contributed by atoms with van der Waals surface area (Å²) in [4.78, 5) is 26.4. The standard InChI is InChI=1S/C22H14F3NO3/c1-29-17-9-2-13(3-10-17)14-4-11-18-19(12-14)21(28)26(20(18)27)16-7-5-15(6-8-16)22(23,24)25/h2-12H,1H3. The first-order valence-corrected chi connectivity index (χ1v) is 8.64. The third kappa shape index (κ3) is 3.24. The van der Waals surface area contributed by atoms with Crippen molar-refractivity contribution in [1.29, 1.82) is 0 Å². The highest BCUT2D eigenvalue weighted by atomic mass is 19.4. The third-order valence-electron chi connectivity index (χ3n) is 4.76. The lowest BCUT2D eigenvalue weighted by Crippen LogP contribution is -2.29. The third-order valence-corrected chi connectivity index (χ3v) is 4.76. The van der Waals surface area contributed by atoms with Gasteiger partial charge in [0.2, 0.25) is 0 Å². The molecule has 7 heteroatoms. The van der Waals surface area contributed by atoms with E-state index in [0.717, 1.165) is 40.3 Å². The number of rotatable bonds is 3. The first-order chi connectivity index (χ1) is 13.8. The van der Waals surface area contributed by atoms with Gasteiger partial charge in [-0.2, -0.15) is 13.2 Å². The van der Waals surface area contributed by atoms with Crippen molar-refractivity contribution in [3.05, 3.63) is 83.4 Å². The Morgan fingerprint density at radius 1 is 0.759 bits per heavy atom. The van der Waals surface area contributed by atoms with Gasteiger partial charge in [-0.3, -0.25) is 9.59 Å². The number of hydrogen-bond acceptors (Lipinski definition) is 3. The fourth-order valence-electron chi connectivity index (χ4n) is 3.24. The van der Waals surface area contributed by atoms with E-state index < -0.39 is 23.6 Å². The van der Waals surface area contributed by atoms with Crippen molar-refractivity contribution in [3.8, 4) is 16.9 Å². The van der Waals surface area contributed by atoms with Crippen LogP contribution < -0.4 is 9.64 Å². The molecule has 0 fully saturated rings. The van der Waals surface area contributed by atoms with Crippen molar-refractivity contribution in [2.75, 3.05) is 12.0 Å². The number of nitrogens with zero attached hydrogens (tertiary/aromatic N) is 1. The van der Waals surface area contributed by atoms with Gasteiger partial charge in [-0.15, -0.1) is 0 Å². The minimum absolute atomic E-state index is 0.0928. The predicted octanol–water partition coefficient (Wildman–Crippen LogP) is 5.18. The van der Waals surface area contributed by atoms with E-state index in [1.54, 1.807) is 37.4 Å². The van der Waals surface area contributed by atoms with Gasteiger partial charge in [-0.25, -0.2) is 4.90 Å². The highest BCUT2D eigenvalue weighted by molar-refractivity contribution is 6.34. The molecule has 0 N–H and O–H groups in total. The Kier molecular flexibility index (Phi) is 4.38. The summed E-state index contributed by atoms with van der Waals surface area (Å²) in [5.74, 6) is -0.444. The van der Waals surface area contributed by atoms with E-state index in [-0.39, 0.29) is 16.8 Å². The number of amides is 2. The van der Waals surface area contributed by atoms with Crippen molar-refractivity contribution in [3.63, 3.8) is 0 Å². The lowest BCUT2D eigenvalue weighted by atomic mass is 10.0. The molecule has 2 amide bonds. The second-order valence-corrected chi connectivity index (χ2v) is 6.48. The zero-order chi connectivity index (χ0) is 20.8. The molecule has 0 spiro atoms. The van der Waals surface area contributed by atoms with Gasteiger partial charge in [0, 0.05) is 0 Å². The van der Waals surface area contributed by atoms with E-state index in [4.69, 9.17) is 4.74 Å². The average Bonchev–Trinajstić information content (AvgIpc) is 2.97. The van der Waals surface area contributed by atoms with Crippen LogP contribution in [0.15, 0.2) is 66.7 Å². The van der Waals surface area contributed by atoms with E-state index in [1.807, 2.05) is 12.1 Å². The molecular formula is C22H14F3NO3. The molecule has 1 aliphatic rings. The van der Waals surface area contributed by atoms with Crippen molar-refractivity contribution in [2.24, 2.45) is 0 Å². The van der Waals surface area contributed by atoms with Crippen LogP contribution in [-0.2, 0) is 6.18 Å². The molecule has 0 radical (unpaired) electrons. The highest BCUT2D eigenvalue weighted by Crippen LogP contribution is 2.34. The zero-order valence-corrected chi connectivity index (χ0v) is 15.2. The summed E-state index contributed by atoms with van der Waals surface area (Å²) < 4.78 is 43.4. The van der Waals surface area contributed by atoms with Gasteiger partial charge in [0.25, 0.3) is 11.8 Å². The van der Waals surface area contributed by atoms with Crippen molar-refractivity contribution in [2.45, 2.75) is 6.18 Å². The fourth-order valence-corrected chi connectivity index (χ4v) is 3.24. The minimum atomic E-state index is -4.49. The maximum atomic E-state index is 12.8. The zero-order valence-electron chi connectivity index (χ0n) is 15.2. The van der Waals surface area contributed by atoms with Crippen LogP contribution in [0, 0.1) is 0 Å².